The summed E-state index contributed by atoms with van der Waals surface area (Å²) in [5.41, 5.74) is 1.27. The molecule has 150 valence electrons. The summed E-state index contributed by atoms with van der Waals surface area (Å²) in [6, 6.07) is 6.22. The van der Waals surface area contributed by atoms with E-state index in [2.05, 4.69) is 42.2 Å². The summed E-state index contributed by atoms with van der Waals surface area (Å²) in [6.07, 6.45) is 9.93. The highest BCUT2D eigenvalue weighted by Gasteiger charge is 2.22. The molecular formula is C21H30N6O. The van der Waals surface area contributed by atoms with Gasteiger partial charge in [-0.2, -0.15) is 0 Å². The SMILES string of the molecule is OCC1CCCN(c2cc(NCC3CCN(c4ccncc4)CC3)ncn2)C1. The Hall–Kier alpha value is -2.41. The Labute approximate surface area is 166 Å². The van der Waals surface area contributed by atoms with Gasteiger partial charge in [0, 0.05) is 63.5 Å². The van der Waals surface area contributed by atoms with Gasteiger partial charge < -0.3 is 20.2 Å². The minimum absolute atomic E-state index is 0.255. The highest BCUT2D eigenvalue weighted by Crippen LogP contribution is 2.25. The van der Waals surface area contributed by atoms with Crippen molar-refractivity contribution in [3.8, 4) is 0 Å². The highest BCUT2D eigenvalue weighted by molar-refractivity contribution is 5.49. The minimum atomic E-state index is 0.255. The average molecular weight is 383 g/mol. The number of nitrogens with zero attached hydrogens (tertiary/aromatic N) is 5. The number of nitrogens with one attached hydrogen (secondary N) is 1. The van der Waals surface area contributed by atoms with Crippen molar-refractivity contribution in [3.05, 3.63) is 36.9 Å². The molecule has 0 saturated carbocycles. The first kappa shape index (κ1) is 18.9. The Kier molecular flexibility index (Phi) is 6.21. The molecule has 1 atom stereocenters. The summed E-state index contributed by atoms with van der Waals surface area (Å²) in [4.78, 5) is 17.7. The van der Waals surface area contributed by atoms with Gasteiger partial charge in [0.05, 0.1) is 0 Å². The third-order valence-corrected chi connectivity index (χ3v) is 5.97. The van der Waals surface area contributed by atoms with Gasteiger partial charge in [-0.25, -0.2) is 9.97 Å². The standard InChI is InChI=1S/C21H30N6O/c28-15-18-2-1-9-27(14-18)21-12-20(24-16-25-21)23-13-17-5-10-26(11-6-17)19-3-7-22-8-4-19/h3-4,7-8,12,16-18,28H,1-2,5-6,9-11,13-15H2,(H,23,24,25). The normalized spacial score (nSPS) is 21.0. The van der Waals surface area contributed by atoms with Crippen LogP contribution in [0.15, 0.2) is 36.9 Å². The van der Waals surface area contributed by atoms with Gasteiger partial charge in [0.2, 0.25) is 0 Å². The quantitative estimate of drug-likeness (QED) is 0.794. The lowest BCUT2D eigenvalue weighted by atomic mass is 9.96. The lowest BCUT2D eigenvalue weighted by Gasteiger charge is -2.34. The van der Waals surface area contributed by atoms with Crippen molar-refractivity contribution >= 4 is 17.3 Å². The summed E-state index contributed by atoms with van der Waals surface area (Å²) in [5, 5.41) is 13.0. The molecule has 4 heterocycles. The molecule has 2 fully saturated rings. The fourth-order valence-corrected chi connectivity index (χ4v) is 4.24. The first-order chi connectivity index (χ1) is 13.8. The molecular weight excluding hydrogens is 352 g/mol. The Morgan fingerprint density at radius 1 is 1.00 bits per heavy atom. The maximum Gasteiger partial charge on any atom is 0.134 e. The molecule has 0 bridgehead atoms. The number of aliphatic hydroxyl groups is 1. The first-order valence-electron chi connectivity index (χ1n) is 10.4. The molecule has 2 aliphatic heterocycles. The number of hydrogen-bond acceptors (Lipinski definition) is 7. The summed E-state index contributed by atoms with van der Waals surface area (Å²) in [6.45, 7) is 5.25. The molecule has 2 aromatic rings. The Morgan fingerprint density at radius 2 is 1.82 bits per heavy atom. The molecule has 0 aliphatic carbocycles. The highest BCUT2D eigenvalue weighted by atomic mass is 16.3. The molecule has 7 nitrogen and oxygen atoms in total. The van der Waals surface area contributed by atoms with Crippen molar-refractivity contribution in [3.63, 3.8) is 0 Å². The van der Waals surface area contributed by atoms with Crippen LogP contribution in [-0.4, -0.2) is 59.4 Å². The van der Waals surface area contributed by atoms with Crippen LogP contribution in [0.5, 0.6) is 0 Å². The lowest BCUT2D eigenvalue weighted by Crippen LogP contribution is -2.37. The van der Waals surface area contributed by atoms with Gasteiger partial charge in [0.1, 0.15) is 18.0 Å². The molecule has 0 spiro atoms. The van der Waals surface area contributed by atoms with E-state index in [1.54, 1.807) is 6.33 Å². The van der Waals surface area contributed by atoms with E-state index in [9.17, 15) is 5.11 Å². The van der Waals surface area contributed by atoms with E-state index in [1.165, 1.54) is 18.5 Å². The van der Waals surface area contributed by atoms with E-state index < -0.39 is 0 Å². The Balaban J connectivity index is 1.27. The molecule has 0 amide bonds. The Morgan fingerprint density at radius 3 is 2.61 bits per heavy atom. The number of anilines is 3. The molecule has 2 aliphatic rings. The number of hydrogen-bond donors (Lipinski definition) is 2. The predicted octanol–water partition coefficient (Wildman–Crippen LogP) is 2.41. The van der Waals surface area contributed by atoms with E-state index in [0.717, 1.165) is 57.2 Å². The van der Waals surface area contributed by atoms with Gasteiger partial charge >= 0.3 is 0 Å². The van der Waals surface area contributed by atoms with Crippen LogP contribution >= 0.6 is 0 Å². The number of piperidine rings is 2. The van der Waals surface area contributed by atoms with E-state index in [4.69, 9.17) is 0 Å². The first-order valence-corrected chi connectivity index (χ1v) is 10.4. The average Bonchev–Trinajstić information content (AvgIpc) is 2.79. The smallest absolute Gasteiger partial charge is 0.134 e. The summed E-state index contributed by atoms with van der Waals surface area (Å²) in [5.74, 6) is 2.87. The van der Waals surface area contributed by atoms with Gasteiger partial charge in [-0.3, -0.25) is 4.98 Å². The predicted molar refractivity (Wildman–Crippen MR) is 112 cm³/mol. The van der Waals surface area contributed by atoms with Crippen LogP contribution in [0.4, 0.5) is 17.3 Å². The third kappa shape index (κ3) is 4.70. The third-order valence-electron chi connectivity index (χ3n) is 5.97. The maximum absolute atomic E-state index is 9.45. The summed E-state index contributed by atoms with van der Waals surface area (Å²) in [7, 11) is 0. The zero-order chi connectivity index (χ0) is 19.2. The topological polar surface area (TPSA) is 77.4 Å². The van der Waals surface area contributed by atoms with Gasteiger partial charge in [-0.1, -0.05) is 0 Å². The second-order valence-electron chi connectivity index (χ2n) is 7.92. The lowest BCUT2D eigenvalue weighted by molar-refractivity contribution is 0.208. The van der Waals surface area contributed by atoms with Crippen molar-refractivity contribution in [1.82, 2.24) is 15.0 Å². The van der Waals surface area contributed by atoms with Crippen molar-refractivity contribution in [2.45, 2.75) is 25.7 Å². The van der Waals surface area contributed by atoms with Gasteiger partial charge in [0.15, 0.2) is 0 Å². The Bertz CT molecular complexity index is 735. The van der Waals surface area contributed by atoms with Crippen LogP contribution in [0, 0.1) is 11.8 Å². The van der Waals surface area contributed by atoms with E-state index in [0.29, 0.717) is 11.8 Å². The van der Waals surface area contributed by atoms with E-state index in [-0.39, 0.29) is 6.61 Å². The second-order valence-corrected chi connectivity index (χ2v) is 7.92. The molecule has 28 heavy (non-hydrogen) atoms. The van der Waals surface area contributed by atoms with Gasteiger partial charge in [-0.15, -0.1) is 0 Å². The summed E-state index contributed by atoms with van der Waals surface area (Å²) >= 11 is 0. The molecule has 4 rings (SSSR count). The maximum atomic E-state index is 9.45. The fraction of sp³-hybridized carbons (Fsp3) is 0.571. The molecule has 1 unspecified atom stereocenters. The van der Waals surface area contributed by atoms with Crippen molar-refractivity contribution < 1.29 is 5.11 Å². The number of rotatable bonds is 6. The monoisotopic (exact) mass is 382 g/mol. The largest absolute Gasteiger partial charge is 0.396 e. The van der Waals surface area contributed by atoms with Crippen LogP contribution in [0.1, 0.15) is 25.7 Å². The molecule has 7 heteroatoms. The zero-order valence-electron chi connectivity index (χ0n) is 16.4. The van der Waals surface area contributed by atoms with Crippen LogP contribution in [0.25, 0.3) is 0 Å². The summed E-state index contributed by atoms with van der Waals surface area (Å²) < 4.78 is 0. The van der Waals surface area contributed by atoms with Crippen molar-refractivity contribution in [2.24, 2.45) is 11.8 Å². The van der Waals surface area contributed by atoms with Gasteiger partial charge in [0.25, 0.3) is 0 Å². The zero-order valence-corrected chi connectivity index (χ0v) is 16.4. The second kappa shape index (κ2) is 9.19. The number of aromatic nitrogens is 3. The molecule has 2 saturated heterocycles. The fourth-order valence-electron chi connectivity index (χ4n) is 4.24. The molecule has 2 N–H and O–H groups in total. The van der Waals surface area contributed by atoms with E-state index >= 15 is 0 Å². The van der Waals surface area contributed by atoms with E-state index in [1.807, 2.05) is 18.5 Å². The van der Waals surface area contributed by atoms with Gasteiger partial charge in [-0.05, 0) is 49.7 Å². The number of pyridine rings is 1. The molecule has 0 aromatic carbocycles. The van der Waals surface area contributed by atoms with Crippen molar-refractivity contribution in [2.75, 3.05) is 54.4 Å². The van der Waals surface area contributed by atoms with Crippen molar-refractivity contribution in [1.29, 1.82) is 0 Å². The van der Waals surface area contributed by atoms with Crippen LogP contribution in [0.2, 0.25) is 0 Å². The van der Waals surface area contributed by atoms with Crippen LogP contribution < -0.4 is 15.1 Å². The molecule has 2 aromatic heterocycles. The van der Waals surface area contributed by atoms with Crippen LogP contribution in [0.3, 0.4) is 0 Å². The van der Waals surface area contributed by atoms with Crippen LogP contribution in [-0.2, 0) is 0 Å². The molecule has 0 radical (unpaired) electrons. The number of aliphatic hydroxyl groups excluding tert-OH is 1. The minimum Gasteiger partial charge on any atom is -0.396 e.